The quantitative estimate of drug-likeness (QED) is 0.404. The highest BCUT2D eigenvalue weighted by atomic mass is 35.5. The Balaban J connectivity index is 1.78. The Morgan fingerprint density at radius 3 is 2.74 bits per heavy atom. The number of aliphatic hydroxyl groups excluding tert-OH is 2. The highest BCUT2D eigenvalue weighted by molar-refractivity contribution is 6.30. The molecule has 31 heavy (non-hydrogen) atoms. The van der Waals surface area contributed by atoms with Crippen molar-refractivity contribution in [2.75, 3.05) is 18.5 Å². The fourth-order valence-electron chi connectivity index (χ4n) is 3.09. The third-order valence-electron chi connectivity index (χ3n) is 4.93. The van der Waals surface area contributed by atoms with Crippen LogP contribution in [0.3, 0.4) is 0 Å². The number of rotatable bonds is 9. The van der Waals surface area contributed by atoms with Gasteiger partial charge in [0.2, 0.25) is 5.95 Å². The van der Waals surface area contributed by atoms with Gasteiger partial charge in [-0.2, -0.15) is 4.98 Å². The fourth-order valence-corrected chi connectivity index (χ4v) is 3.28. The van der Waals surface area contributed by atoms with E-state index in [9.17, 15) is 15.0 Å². The highest BCUT2D eigenvalue weighted by Crippen LogP contribution is 2.19. The lowest BCUT2D eigenvalue weighted by molar-refractivity contribution is 0.0916. The number of anilines is 1. The molecule has 3 rings (SSSR count). The van der Waals surface area contributed by atoms with Crippen LogP contribution in [0.5, 0.6) is 0 Å². The van der Waals surface area contributed by atoms with Crippen LogP contribution < -0.4 is 10.6 Å². The molecular weight excluding hydrogens is 418 g/mol. The van der Waals surface area contributed by atoms with Crippen LogP contribution in [0.25, 0.3) is 5.82 Å². The molecule has 0 bridgehead atoms. The van der Waals surface area contributed by atoms with E-state index in [1.807, 2.05) is 13.8 Å². The van der Waals surface area contributed by atoms with Gasteiger partial charge >= 0.3 is 0 Å². The maximum absolute atomic E-state index is 12.8. The minimum absolute atomic E-state index is 0.0183. The number of nitrogens with one attached hydrogen (secondary N) is 2. The van der Waals surface area contributed by atoms with Crippen LogP contribution in [0.15, 0.2) is 48.9 Å². The van der Waals surface area contributed by atoms with Crippen LogP contribution in [-0.2, 0) is 0 Å². The minimum Gasteiger partial charge on any atom is -0.394 e. The van der Waals surface area contributed by atoms with E-state index in [1.54, 1.807) is 53.5 Å². The highest BCUT2D eigenvalue weighted by Gasteiger charge is 2.17. The Kier molecular flexibility index (Phi) is 7.62. The smallest absolute Gasteiger partial charge is 0.253 e. The summed E-state index contributed by atoms with van der Waals surface area (Å²) in [7, 11) is 0. The summed E-state index contributed by atoms with van der Waals surface area (Å²) in [5.74, 6) is 0.703. The van der Waals surface area contributed by atoms with Crippen LogP contribution in [0.1, 0.15) is 40.9 Å². The number of hydrogen-bond donors (Lipinski definition) is 4. The van der Waals surface area contributed by atoms with Crippen molar-refractivity contribution in [3.05, 3.63) is 70.6 Å². The molecule has 0 aliphatic rings. The number of hydrogen-bond acceptors (Lipinski definition) is 6. The van der Waals surface area contributed by atoms with Crippen LogP contribution in [0, 0.1) is 6.92 Å². The van der Waals surface area contributed by atoms with Gasteiger partial charge in [0.15, 0.2) is 0 Å². The summed E-state index contributed by atoms with van der Waals surface area (Å²) in [5, 5.41) is 25.6. The fraction of sp³-hybridized carbons (Fsp3) is 0.318. The maximum atomic E-state index is 12.8. The van der Waals surface area contributed by atoms with Crippen molar-refractivity contribution in [1.29, 1.82) is 0 Å². The maximum Gasteiger partial charge on any atom is 0.253 e. The van der Waals surface area contributed by atoms with Crippen molar-refractivity contribution in [2.45, 2.75) is 32.4 Å². The van der Waals surface area contributed by atoms with Crippen molar-refractivity contribution < 1.29 is 15.0 Å². The summed E-state index contributed by atoms with van der Waals surface area (Å²) in [6.07, 6.45) is 5.83. The summed E-state index contributed by atoms with van der Waals surface area (Å²) in [5.41, 5.74) is 1.98. The zero-order valence-electron chi connectivity index (χ0n) is 17.4. The van der Waals surface area contributed by atoms with Gasteiger partial charge in [-0.05, 0) is 37.1 Å². The topological polar surface area (TPSA) is 112 Å². The van der Waals surface area contributed by atoms with Gasteiger partial charge in [-0.3, -0.25) is 4.79 Å². The molecule has 1 aromatic carbocycles. The molecule has 4 N–H and O–H groups in total. The van der Waals surface area contributed by atoms with Crippen LogP contribution >= 0.6 is 11.6 Å². The van der Waals surface area contributed by atoms with Crippen molar-refractivity contribution in [3.8, 4) is 5.82 Å². The van der Waals surface area contributed by atoms with Gasteiger partial charge in [-0.15, -0.1) is 0 Å². The second-order valence-corrected chi connectivity index (χ2v) is 7.64. The molecule has 164 valence electrons. The lowest BCUT2D eigenvalue weighted by atomic mass is 10.1. The van der Waals surface area contributed by atoms with Gasteiger partial charge in [0.1, 0.15) is 5.82 Å². The van der Waals surface area contributed by atoms with Crippen LogP contribution in [0.4, 0.5) is 5.95 Å². The van der Waals surface area contributed by atoms with Crippen molar-refractivity contribution in [2.24, 2.45) is 0 Å². The van der Waals surface area contributed by atoms with Gasteiger partial charge in [0.05, 0.1) is 30.9 Å². The molecule has 2 atom stereocenters. The molecule has 0 fully saturated rings. The zero-order valence-corrected chi connectivity index (χ0v) is 18.2. The number of benzene rings is 1. The van der Waals surface area contributed by atoms with E-state index in [2.05, 4.69) is 20.6 Å². The van der Waals surface area contributed by atoms with E-state index >= 15 is 0 Å². The zero-order chi connectivity index (χ0) is 22.4. The number of halogens is 1. The SMILES string of the molecule is CC[C@@H](CO)Nc1ncc(C)c(-n2ccc(C(=O)N[C@@H](CO)c3cccc(Cl)c3)c2)n1. The van der Waals surface area contributed by atoms with E-state index in [-0.39, 0.29) is 25.2 Å². The summed E-state index contributed by atoms with van der Waals surface area (Å²) < 4.78 is 1.74. The van der Waals surface area contributed by atoms with E-state index in [1.165, 1.54) is 0 Å². The van der Waals surface area contributed by atoms with Crippen molar-refractivity contribution in [1.82, 2.24) is 19.9 Å². The number of aliphatic hydroxyl groups is 2. The average molecular weight is 444 g/mol. The summed E-state index contributed by atoms with van der Waals surface area (Å²) in [6, 6.07) is 7.98. The van der Waals surface area contributed by atoms with E-state index < -0.39 is 6.04 Å². The average Bonchev–Trinajstić information content (AvgIpc) is 3.27. The van der Waals surface area contributed by atoms with Gasteiger partial charge < -0.3 is 25.4 Å². The molecule has 0 spiro atoms. The molecular formula is C22H26ClN5O3. The number of nitrogens with zero attached hydrogens (tertiary/aromatic N) is 3. The Bertz CT molecular complexity index is 1040. The summed E-state index contributed by atoms with van der Waals surface area (Å²) in [4.78, 5) is 21.5. The monoisotopic (exact) mass is 443 g/mol. The van der Waals surface area contributed by atoms with Crippen LogP contribution in [0.2, 0.25) is 5.02 Å². The molecule has 0 radical (unpaired) electrons. The van der Waals surface area contributed by atoms with Crippen molar-refractivity contribution >= 4 is 23.5 Å². The van der Waals surface area contributed by atoms with E-state index in [0.717, 1.165) is 17.5 Å². The molecule has 2 aromatic heterocycles. The molecule has 0 saturated heterocycles. The lowest BCUT2D eigenvalue weighted by Gasteiger charge is -2.16. The predicted molar refractivity (Wildman–Crippen MR) is 120 cm³/mol. The third-order valence-corrected chi connectivity index (χ3v) is 5.17. The normalized spacial score (nSPS) is 12.9. The first kappa shape index (κ1) is 22.7. The molecule has 8 nitrogen and oxygen atoms in total. The Labute approximate surface area is 185 Å². The number of aromatic nitrogens is 3. The Morgan fingerprint density at radius 2 is 2.06 bits per heavy atom. The molecule has 0 aliphatic carbocycles. The Morgan fingerprint density at radius 1 is 1.26 bits per heavy atom. The van der Waals surface area contributed by atoms with E-state index in [0.29, 0.717) is 22.4 Å². The molecule has 2 heterocycles. The molecule has 0 saturated carbocycles. The molecule has 9 heteroatoms. The van der Waals surface area contributed by atoms with Gasteiger partial charge in [0.25, 0.3) is 5.91 Å². The number of carbonyl (C=O) groups excluding carboxylic acids is 1. The van der Waals surface area contributed by atoms with Crippen LogP contribution in [-0.4, -0.2) is 49.9 Å². The van der Waals surface area contributed by atoms with Crippen molar-refractivity contribution in [3.63, 3.8) is 0 Å². The number of amides is 1. The second-order valence-electron chi connectivity index (χ2n) is 7.20. The molecule has 3 aromatic rings. The minimum atomic E-state index is -0.574. The molecule has 1 amide bonds. The van der Waals surface area contributed by atoms with E-state index in [4.69, 9.17) is 11.6 Å². The number of carbonyl (C=O) groups is 1. The molecule has 0 aliphatic heterocycles. The van der Waals surface area contributed by atoms with Gasteiger partial charge in [-0.25, -0.2) is 4.98 Å². The first-order valence-corrected chi connectivity index (χ1v) is 10.4. The first-order valence-electron chi connectivity index (χ1n) is 10.0. The van der Waals surface area contributed by atoms with Gasteiger partial charge in [-0.1, -0.05) is 30.7 Å². The summed E-state index contributed by atoms with van der Waals surface area (Å²) in [6.45, 7) is 3.57. The molecule has 0 unspecified atom stereocenters. The summed E-state index contributed by atoms with van der Waals surface area (Å²) >= 11 is 6.02. The third kappa shape index (κ3) is 5.61. The lowest BCUT2D eigenvalue weighted by Crippen LogP contribution is -2.30. The predicted octanol–water partition coefficient (Wildman–Crippen LogP) is 2.88. The van der Waals surface area contributed by atoms with Gasteiger partial charge in [0, 0.05) is 29.2 Å². The first-order chi connectivity index (χ1) is 14.9. The largest absolute Gasteiger partial charge is 0.394 e. The number of aryl methyl sites for hydroxylation is 1. The standard InChI is InChI=1S/C22H26ClN5O3/c1-3-18(12-29)25-22-24-10-14(2)20(27-22)28-8-7-16(11-28)21(31)26-19(13-30)15-5-4-6-17(23)9-15/h4-11,18-19,29-30H,3,12-13H2,1-2H3,(H,26,31)(H,24,25,27)/t18-,19-/m0/s1. The second kappa shape index (κ2) is 10.4. The Hall–Kier alpha value is -2.94.